The molecule has 0 aromatic rings. The van der Waals surface area contributed by atoms with Crippen LogP contribution in [0.2, 0.25) is 0 Å². The standard InChI is InChI=1S/C12H22O.C11H22O/c1-3-4-5-6-7-8-9-10-12(2)11-13;1-3-4-5-6-7-8-9-11(2)10-12/h10-11H,3-9H2,1-2H3;10-11H,3-9H2,1-2H3. The number of allylic oxidation sites excluding steroid dienone is 2. The van der Waals surface area contributed by atoms with E-state index in [4.69, 9.17) is 0 Å². The van der Waals surface area contributed by atoms with Gasteiger partial charge in [0.1, 0.15) is 12.6 Å². The van der Waals surface area contributed by atoms with Crippen LogP contribution in [-0.4, -0.2) is 12.6 Å². The van der Waals surface area contributed by atoms with Crippen molar-refractivity contribution in [2.45, 2.75) is 118 Å². The van der Waals surface area contributed by atoms with Crippen LogP contribution in [0.1, 0.15) is 118 Å². The first-order valence-electron chi connectivity index (χ1n) is 10.7. The Morgan fingerprint density at radius 2 is 1.24 bits per heavy atom. The van der Waals surface area contributed by atoms with Crippen molar-refractivity contribution in [2.24, 2.45) is 5.92 Å². The summed E-state index contributed by atoms with van der Waals surface area (Å²) in [4.78, 5) is 20.5. The molecule has 0 heterocycles. The molecule has 2 nitrogen and oxygen atoms in total. The number of carbonyl (C=O) groups excluding carboxylic acids is 2. The zero-order valence-electron chi connectivity index (χ0n) is 17.5. The second kappa shape index (κ2) is 23.1. The summed E-state index contributed by atoms with van der Waals surface area (Å²) in [5.74, 6) is 0.274. The predicted octanol–water partition coefficient (Wildman–Crippen LogP) is 7.45. The molecule has 0 aromatic carbocycles. The summed E-state index contributed by atoms with van der Waals surface area (Å²) in [6.45, 7) is 8.33. The lowest BCUT2D eigenvalue weighted by Crippen LogP contribution is -1.94. The topological polar surface area (TPSA) is 34.1 Å². The van der Waals surface area contributed by atoms with Gasteiger partial charge in [0.25, 0.3) is 0 Å². The van der Waals surface area contributed by atoms with E-state index in [9.17, 15) is 9.59 Å². The molecule has 148 valence electrons. The van der Waals surface area contributed by atoms with Crippen LogP contribution in [0.25, 0.3) is 0 Å². The Balaban J connectivity index is 0. The zero-order chi connectivity index (χ0) is 19.2. The lowest BCUT2D eigenvalue weighted by molar-refractivity contribution is -0.110. The molecule has 0 N–H and O–H groups in total. The summed E-state index contributed by atoms with van der Waals surface area (Å²) < 4.78 is 0. The van der Waals surface area contributed by atoms with E-state index in [0.717, 1.165) is 31.0 Å². The highest BCUT2D eigenvalue weighted by Crippen LogP contribution is 2.10. The molecule has 0 bridgehead atoms. The molecule has 1 atom stereocenters. The second-order valence-electron chi connectivity index (χ2n) is 7.29. The maximum atomic E-state index is 10.3. The number of unbranched alkanes of at least 4 members (excludes halogenated alkanes) is 11. The number of aldehydes is 2. The molecule has 1 unspecified atom stereocenters. The van der Waals surface area contributed by atoms with Gasteiger partial charge in [-0.1, -0.05) is 97.5 Å². The van der Waals surface area contributed by atoms with Gasteiger partial charge >= 0.3 is 0 Å². The van der Waals surface area contributed by atoms with Gasteiger partial charge in [-0.25, -0.2) is 0 Å². The fourth-order valence-electron chi connectivity index (χ4n) is 2.62. The average molecular weight is 353 g/mol. The molecule has 0 saturated carbocycles. The normalized spacial score (nSPS) is 12.2. The smallest absolute Gasteiger partial charge is 0.145 e. The Bertz CT molecular complexity index is 307. The Morgan fingerprint density at radius 3 is 1.72 bits per heavy atom. The van der Waals surface area contributed by atoms with Crippen molar-refractivity contribution in [3.63, 3.8) is 0 Å². The predicted molar refractivity (Wildman–Crippen MR) is 111 cm³/mol. The number of hydrogen-bond acceptors (Lipinski definition) is 2. The Labute approximate surface area is 157 Å². The van der Waals surface area contributed by atoms with Crippen LogP contribution in [0, 0.1) is 5.92 Å². The lowest BCUT2D eigenvalue weighted by atomic mass is 10.0. The molecule has 0 aliphatic heterocycles. The first-order valence-corrected chi connectivity index (χ1v) is 10.7. The monoisotopic (exact) mass is 352 g/mol. The van der Waals surface area contributed by atoms with Gasteiger partial charge in [-0.15, -0.1) is 0 Å². The first kappa shape index (κ1) is 26.3. The summed E-state index contributed by atoms with van der Waals surface area (Å²) >= 11 is 0. The highest BCUT2D eigenvalue weighted by molar-refractivity contribution is 5.71. The summed E-state index contributed by atoms with van der Waals surface area (Å²) in [5, 5.41) is 0. The molecule has 0 aliphatic carbocycles. The largest absolute Gasteiger partial charge is 0.303 e. The summed E-state index contributed by atoms with van der Waals surface area (Å²) in [6.07, 6.45) is 22.0. The van der Waals surface area contributed by atoms with Gasteiger partial charge in [-0.2, -0.15) is 0 Å². The average Bonchev–Trinajstić information content (AvgIpc) is 2.63. The minimum absolute atomic E-state index is 0.274. The Morgan fingerprint density at radius 1 is 0.760 bits per heavy atom. The molecular weight excluding hydrogens is 308 g/mol. The van der Waals surface area contributed by atoms with Crippen molar-refractivity contribution in [1.29, 1.82) is 0 Å². The Kier molecular flexibility index (Phi) is 24.3. The van der Waals surface area contributed by atoms with Crippen LogP contribution >= 0.6 is 0 Å². The summed E-state index contributed by atoms with van der Waals surface area (Å²) in [5.41, 5.74) is 0.869. The van der Waals surface area contributed by atoms with Crippen molar-refractivity contribution in [3.05, 3.63) is 11.6 Å². The molecule has 2 heteroatoms. The van der Waals surface area contributed by atoms with Crippen molar-refractivity contribution >= 4 is 12.6 Å². The number of carbonyl (C=O) groups is 2. The molecule has 0 spiro atoms. The molecule has 0 saturated heterocycles. The first-order chi connectivity index (χ1) is 12.1. The quantitative estimate of drug-likeness (QED) is 0.164. The number of hydrogen-bond donors (Lipinski definition) is 0. The van der Waals surface area contributed by atoms with Crippen LogP contribution in [-0.2, 0) is 9.59 Å². The fourth-order valence-corrected chi connectivity index (χ4v) is 2.62. The van der Waals surface area contributed by atoms with Gasteiger partial charge in [-0.3, -0.25) is 4.79 Å². The highest BCUT2D eigenvalue weighted by atomic mass is 16.1. The van der Waals surface area contributed by atoms with Crippen LogP contribution in [0.15, 0.2) is 11.6 Å². The van der Waals surface area contributed by atoms with Crippen molar-refractivity contribution in [3.8, 4) is 0 Å². The van der Waals surface area contributed by atoms with Gasteiger partial charge in [0.2, 0.25) is 0 Å². The van der Waals surface area contributed by atoms with E-state index in [-0.39, 0.29) is 5.92 Å². The molecule has 0 aliphatic rings. The summed E-state index contributed by atoms with van der Waals surface area (Å²) in [7, 11) is 0. The van der Waals surface area contributed by atoms with E-state index < -0.39 is 0 Å². The van der Waals surface area contributed by atoms with E-state index in [0.29, 0.717) is 0 Å². The van der Waals surface area contributed by atoms with E-state index in [1.54, 1.807) is 0 Å². The SMILES string of the molecule is CCCCCCCCC(C)C=O.CCCCCCCCC=C(C)C=O. The van der Waals surface area contributed by atoms with E-state index >= 15 is 0 Å². The molecule has 0 fully saturated rings. The van der Waals surface area contributed by atoms with Gasteiger partial charge in [0, 0.05) is 5.92 Å². The van der Waals surface area contributed by atoms with Crippen molar-refractivity contribution in [1.82, 2.24) is 0 Å². The minimum Gasteiger partial charge on any atom is -0.303 e. The van der Waals surface area contributed by atoms with Crippen LogP contribution in [0.3, 0.4) is 0 Å². The van der Waals surface area contributed by atoms with Crippen LogP contribution < -0.4 is 0 Å². The third kappa shape index (κ3) is 25.4. The van der Waals surface area contributed by atoms with Gasteiger partial charge in [0.15, 0.2) is 0 Å². The lowest BCUT2D eigenvalue weighted by Gasteiger charge is -2.02. The van der Waals surface area contributed by atoms with E-state index in [1.807, 2.05) is 19.9 Å². The summed E-state index contributed by atoms with van der Waals surface area (Å²) in [6, 6.07) is 0. The fraction of sp³-hybridized carbons (Fsp3) is 0.826. The second-order valence-corrected chi connectivity index (χ2v) is 7.29. The minimum atomic E-state index is 0.274. The van der Waals surface area contributed by atoms with E-state index in [1.165, 1.54) is 77.0 Å². The third-order valence-electron chi connectivity index (χ3n) is 4.46. The zero-order valence-corrected chi connectivity index (χ0v) is 17.5. The van der Waals surface area contributed by atoms with Crippen molar-refractivity contribution in [2.75, 3.05) is 0 Å². The maximum absolute atomic E-state index is 10.3. The Hall–Kier alpha value is -0.920. The maximum Gasteiger partial charge on any atom is 0.145 e. The van der Waals surface area contributed by atoms with Gasteiger partial charge < -0.3 is 4.79 Å². The van der Waals surface area contributed by atoms with Gasteiger partial charge in [0.05, 0.1) is 0 Å². The number of rotatable bonds is 16. The molecule has 0 radical (unpaired) electrons. The molecule has 0 aromatic heterocycles. The van der Waals surface area contributed by atoms with Crippen LogP contribution in [0.4, 0.5) is 0 Å². The molecule has 25 heavy (non-hydrogen) atoms. The molecule has 0 rings (SSSR count). The van der Waals surface area contributed by atoms with Crippen LogP contribution in [0.5, 0.6) is 0 Å². The molecular formula is C23H44O2. The highest BCUT2D eigenvalue weighted by Gasteiger charge is 1.98. The molecule has 0 amide bonds. The van der Waals surface area contributed by atoms with E-state index in [2.05, 4.69) is 13.8 Å². The van der Waals surface area contributed by atoms with Gasteiger partial charge in [-0.05, 0) is 31.8 Å². The third-order valence-corrected chi connectivity index (χ3v) is 4.46. The van der Waals surface area contributed by atoms with Crippen molar-refractivity contribution < 1.29 is 9.59 Å².